The molecule has 1 atom stereocenters. The van der Waals surface area contributed by atoms with Crippen LogP contribution in [0.25, 0.3) is 11.3 Å². The monoisotopic (exact) mass is 292 g/mol. The highest BCUT2D eigenvalue weighted by Crippen LogP contribution is 2.23. The average Bonchev–Trinajstić information content (AvgIpc) is 2.95. The Kier molecular flexibility index (Phi) is 5.05. The molecule has 2 N–H and O–H groups in total. The molecule has 21 heavy (non-hydrogen) atoms. The number of nitrogens with zero attached hydrogens (tertiary/aromatic N) is 1. The first-order chi connectivity index (χ1) is 10.1. The Morgan fingerprint density at radius 1 is 1.48 bits per heavy atom. The minimum absolute atomic E-state index is 0.0849. The van der Waals surface area contributed by atoms with E-state index in [0.29, 0.717) is 12.8 Å². The Morgan fingerprint density at radius 2 is 2.24 bits per heavy atom. The van der Waals surface area contributed by atoms with Gasteiger partial charge in [-0.2, -0.15) is 0 Å². The van der Waals surface area contributed by atoms with Crippen LogP contribution in [0, 0.1) is 5.82 Å². The molecule has 1 unspecified atom stereocenters. The van der Waals surface area contributed by atoms with E-state index in [1.165, 1.54) is 12.1 Å². The minimum atomic E-state index is -0.433. The molecule has 0 radical (unpaired) electrons. The number of aliphatic hydroxyl groups is 1. The van der Waals surface area contributed by atoms with Gasteiger partial charge in [-0.1, -0.05) is 17.3 Å². The van der Waals surface area contributed by atoms with Gasteiger partial charge in [-0.3, -0.25) is 4.79 Å². The number of amides is 1. The first kappa shape index (κ1) is 15.2. The summed E-state index contributed by atoms with van der Waals surface area (Å²) in [6.45, 7) is 1.92. The van der Waals surface area contributed by atoms with Gasteiger partial charge in [0.2, 0.25) is 0 Å². The van der Waals surface area contributed by atoms with Crippen molar-refractivity contribution < 1.29 is 18.8 Å². The lowest BCUT2D eigenvalue weighted by Crippen LogP contribution is -2.32. The molecule has 0 fully saturated rings. The summed E-state index contributed by atoms with van der Waals surface area (Å²) in [4.78, 5) is 12.0. The van der Waals surface area contributed by atoms with Crippen molar-refractivity contribution in [1.29, 1.82) is 0 Å². The predicted octanol–water partition coefficient (Wildman–Crippen LogP) is 2.37. The lowest BCUT2D eigenvalue weighted by Gasteiger charge is -2.11. The van der Waals surface area contributed by atoms with Crippen molar-refractivity contribution in [2.75, 3.05) is 6.61 Å². The molecule has 0 aliphatic heterocycles. The maximum atomic E-state index is 13.6. The van der Waals surface area contributed by atoms with Crippen molar-refractivity contribution in [3.8, 4) is 11.3 Å². The first-order valence-corrected chi connectivity index (χ1v) is 6.75. The lowest BCUT2D eigenvalue weighted by molar-refractivity contribution is 0.0927. The van der Waals surface area contributed by atoms with Crippen LogP contribution in [0.3, 0.4) is 0 Å². The fourth-order valence-electron chi connectivity index (χ4n) is 1.94. The summed E-state index contributed by atoms with van der Waals surface area (Å²) in [5.74, 6) is -0.607. The van der Waals surface area contributed by atoms with Gasteiger partial charge < -0.3 is 14.9 Å². The molecule has 0 aliphatic rings. The average molecular weight is 292 g/mol. The summed E-state index contributed by atoms with van der Waals surface area (Å²) in [6.07, 6.45) is 1.28. The first-order valence-electron chi connectivity index (χ1n) is 6.75. The minimum Gasteiger partial charge on any atom is -0.396 e. The number of carbonyl (C=O) groups excluding carboxylic acids is 1. The second-order valence-corrected chi connectivity index (χ2v) is 4.80. The van der Waals surface area contributed by atoms with E-state index in [9.17, 15) is 9.18 Å². The lowest BCUT2D eigenvalue weighted by atomic mass is 10.1. The van der Waals surface area contributed by atoms with Crippen LogP contribution < -0.4 is 5.32 Å². The van der Waals surface area contributed by atoms with Crippen LogP contribution >= 0.6 is 0 Å². The maximum absolute atomic E-state index is 13.6. The third-order valence-corrected chi connectivity index (χ3v) is 3.05. The molecule has 0 saturated heterocycles. The SMILES string of the molecule is CC(CCCO)NC(=O)c1cc(-c2ccccc2F)on1. The Morgan fingerprint density at radius 3 is 2.95 bits per heavy atom. The number of rotatable bonds is 6. The van der Waals surface area contributed by atoms with E-state index in [0.717, 1.165) is 0 Å². The van der Waals surface area contributed by atoms with Gasteiger partial charge in [0, 0.05) is 18.7 Å². The number of benzene rings is 1. The topological polar surface area (TPSA) is 75.4 Å². The second-order valence-electron chi connectivity index (χ2n) is 4.80. The van der Waals surface area contributed by atoms with E-state index in [2.05, 4.69) is 10.5 Å². The molecule has 1 aromatic heterocycles. The van der Waals surface area contributed by atoms with Crippen LogP contribution in [0.4, 0.5) is 4.39 Å². The van der Waals surface area contributed by atoms with E-state index < -0.39 is 5.82 Å². The molecule has 2 aromatic rings. The van der Waals surface area contributed by atoms with E-state index >= 15 is 0 Å². The third kappa shape index (κ3) is 3.88. The Bertz CT molecular complexity index is 612. The Hall–Kier alpha value is -2.21. The van der Waals surface area contributed by atoms with Crippen LogP contribution in [-0.2, 0) is 0 Å². The summed E-state index contributed by atoms with van der Waals surface area (Å²) in [5.41, 5.74) is 0.362. The van der Waals surface area contributed by atoms with E-state index in [4.69, 9.17) is 9.63 Å². The largest absolute Gasteiger partial charge is 0.396 e. The van der Waals surface area contributed by atoms with E-state index in [-0.39, 0.29) is 35.6 Å². The van der Waals surface area contributed by atoms with Gasteiger partial charge in [-0.15, -0.1) is 0 Å². The zero-order chi connectivity index (χ0) is 15.2. The van der Waals surface area contributed by atoms with E-state index in [1.54, 1.807) is 18.2 Å². The number of aliphatic hydroxyl groups excluding tert-OH is 1. The van der Waals surface area contributed by atoms with Gasteiger partial charge in [-0.05, 0) is 31.9 Å². The van der Waals surface area contributed by atoms with Crippen molar-refractivity contribution >= 4 is 5.91 Å². The van der Waals surface area contributed by atoms with Crippen molar-refractivity contribution in [2.24, 2.45) is 0 Å². The number of nitrogens with one attached hydrogen (secondary N) is 1. The smallest absolute Gasteiger partial charge is 0.273 e. The number of hydrogen-bond acceptors (Lipinski definition) is 4. The molecule has 0 saturated carbocycles. The zero-order valence-corrected chi connectivity index (χ0v) is 11.7. The number of halogens is 1. The summed E-state index contributed by atoms with van der Waals surface area (Å²) in [7, 11) is 0. The highest BCUT2D eigenvalue weighted by molar-refractivity contribution is 5.93. The van der Waals surface area contributed by atoms with Crippen molar-refractivity contribution in [3.05, 3.63) is 41.8 Å². The molecule has 112 valence electrons. The van der Waals surface area contributed by atoms with Gasteiger partial charge in [0.1, 0.15) is 5.82 Å². The number of aromatic nitrogens is 1. The highest BCUT2D eigenvalue weighted by atomic mass is 19.1. The number of carbonyl (C=O) groups is 1. The molecular formula is C15H17FN2O3. The van der Waals surface area contributed by atoms with Gasteiger partial charge in [0.05, 0.1) is 5.56 Å². The van der Waals surface area contributed by atoms with Crippen LogP contribution in [-0.4, -0.2) is 28.8 Å². The summed E-state index contributed by atoms with van der Waals surface area (Å²) in [6, 6.07) is 7.45. The fourth-order valence-corrected chi connectivity index (χ4v) is 1.94. The Labute approximate surface area is 121 Å². The van der Waals surface area contributed by atoms with Crippen LogP contribution in [0.5, 0.6) is 0 Å². The molecular weight excluding hydrogens is 275 g/mol. The zero-order valence-electron chi connectivity index (χ0n) is 11.7. The third-order valence-electron chi connectivity index (χ3n) is 3.05. The van der Waals surface area contributed by atoms with Crippen molar-refractivity contribution in [3.63, 3.8) is 0 Å². The van der Waals surface area contributed by atoms with Crippen LogP contribution in [0.15, 0.2) is 34.9 Å². The normalized spacial score (nSPS) is 12.1. The fraction of sp³-hybridized carbons (Fsp3) is 0.333. The molecule has 0 spiro atoms. The highest BCUT2D eigenvalue weighted by Gasteiger charge is 2.17. The van der Waals surface area contributed by atoms with Crippen LogP contribution in [0.1, 0.15) is 30.3 Å². The molecule has 0 aliphatic carbocycles. The van der Waals surface area contributed by atoms with Crippen molar-refractivity contribution in [2.45, 2.75) is 25.8 Å². The molecule has 2 rings (SSSR count). The molecule has 5 nitrogen and oxygen atoms in total. The number of hydrogen-bond donors (Lipinski definition) is 2. The second kappa shape index (κ2) is 6.99. The predicted molar refractivity (Wildman–Crippen MR) is 75.1 cm³/mol. The summed E-state index contributed by atoms with van der Waals surface area (Å²) in [5, 5.41) is 15.2. The molecule has 1 aromatic carbocycles. The van der Waals surface area contributed by atoms with Gasteiger partial charge in [-0.25, -0.2) is 4.39 Å². The molecule has 0 bridgehead atoms. The van der Waals surface area contributed by atoms with Crippen molar-refractivity contribution in [1.82, 2.24) is 10.5 Å². The molecule has 6 heteroatoms. The van der Waals surface area contributed by atoms with Gasteiger partial charge >= 0.3 is 0 Å². The maximum Gasteiger partial charge on any atom is 0.273 e. The summed E-state index contributed by atoms with van der Waals surface area (Å²) >= 11 is 0. The van der Waals surface area contributed by atoms with E-state index in [1.807, 2.05) is 6.92 Å². The quantitative estimate of drug-likeness (QED) is 0.857. The van der Waals surface area contributed by atoms with Crippen LogP contribution in [0.2, 0.25) is 0 Å². The summed E-state index contributed by atoms with van der Waals surface area (Å²) < 4.78 is 18.6. The Balaban J connectivity index is 2.06. The molecule has 1 amide bonds. The molecule has 1 heterocycles. The van der Waals surface area contributed by atoms with Gasteiger partial charge in [0.15, 0.2) is 11.5 Å². The van der Waals surface area contributed by atoms with Gasteiger partial charge in [0.25, 0.3) is 5.91 Å². The standard InChI is InChI=1S/C15H17FN2O3/c1-10(5-4-8-19)17-15(20)13-9-14(21-18-13)11-6-2-3-7-12(11)16/h2-3,6-7,9-10,19H,4-5,8H2,1H3,(H,17,20).